The third-order valence-electron chi connectivity index (χ3n) is 3.80. The Morgan fingerprint density at radius 3 is 2.71 bits per heavy atom. The lowest BCUT2D eigenvalue weighted by Gasteiger charge is -2.19. The Hall–Kier alpha value is -1.97. The van der Waals surface area contributed by atoms with Gasteiger partial charge in [0, 0.05) is 23.6 Å². The summed E-state index contributed by atoms with van der Waals surface area (Å²) >= 11 is 0. The van der Waals surface area contributed by atoms with Crippen LogP contribution in [-0.2, 0) is 24.1 Å². The molecule has 112 valence electrons. The number of carbonyl (C=O) groups is 1. The number of aromatic nitrogens is 1. The topological polar surface area (TPSA) is 54.1 Å². The molecule has 0 bridgehead atoms. The van der Waals surface area contributed by atoms with Gasteiger partial charge in [-0.1, -0.05) is 0 Å². The van der Waals surface area contributed by atoms with Gasteiger partial charge in [0.25, 0.3) is 0 Å². The second kappa shape index (κ2) is 5.10. The normalized spacial score (nSPS) is 14.2. The van der Waals surface area contributed by atoms with Crippen LogP contribution in [0.1, 0.15) is 43.9 Å². The van der Waals surface area contributed by atoms with E-state index in [0.29, 0.717) is 6.54 Å². The minimum atomic E-state index is -0.467. The average Bonchev–Trinajstić information content (AvgIpc) is 2.97. The van der Waals surface area contributed by atoms with Crippen LogP contribution in [0, 0.1) is 0 Å². The second-order valence-corrected chi connectivity index (χ2v) is 6.69. The maximum atomic E-state index is 11.7. The number of carbonyl (C=O) groups excluding carboxylic acids is 1. The van der Waals surface area contributed by atoms with E-state index < -0.39 is 5.60 Å². The van der Waals surface area contributed by atoms with Crippen LogP contribution in [0.3, 0.4) is 0 Å². The highest BCUT2D eigenvalue weighted by molar-refractivity contribution is 5.85. The Morgan fingerprint density at radius 1 is 1.29 bits per heavy atom. The number of ether oxygens (including phenoxy) is 1. The van der Waals surface area contributed by atoms with Crippen LogP contribution in [0.2, 0.25) is 0 Å². The van der Waals surface area contributed by atoms with Crippen molar-refractivity contribution >= 4 is 17.0 Å². The van der Waals surface area contributed by atoms with Crippen molar-refractivity contribution in [2.45, 2.75) is 52.2 Å². The molecule has 0 aliphatic heterocycles. The molecule has 0 saturated heterocycles. The van der Waals surface area contributed by atoms with Crippen LogP contribution in [0.15, 0.2) is 18.3 Å². The predicted octanol–water partition coefficient (Wildman–Crippen LogP) is 3.68. The second-order valence-electron chi connectivity index (χ2n) is 6.69. The van der Waals surface area contributed by atoms with Gasteiger partial charge in [0.15, 0.2) is 0 Å². The molecule has 1 heterocycles. The highest BCUT2D eigenvalue weighted by atomic mass is 16.6. The van der Waals surface area contributed by atoms with E-state index in [1.807, 2.05) is 27.0 Å². The molecule has 4 nitrogen and oxygen atoms in total. The SMILES string of the molecule is CC(C)(C)OC(=O)NCc1c[nH]c2cc3c(cc12)CCC3. The Morgan fingerprint density at radius 2 is 2.00 bits per heavy atom. The maximum absolute atomic E-state index is 11.7. The molecular formula is C17H22N2O2. The van der Waals surface area contributed by atoms with Crippen LogP contribution in [0.25, 0.3) is 10.9 Å². The van der Waals surface area contributed by atoms with Crippen molar-refractivity contribution in [2.75, 3.05) is 0 Å². The van der Waals surface area contributed by atoms with E-state index in [1.54, 1.807) is 0 Å². The largest absolute Gasteiger partial charge is 0.444 e. The number of hydrogen-bond acceptors (Lipinski definition) is 2. The summed E-state index contributed by atoms with van der Waals surface area (Å²) in [5, 5.41) is 4.02. The third kappa shape index (κ3) is 3.04. The van der Waals surface area contributed by atoms with Crippen molar-refractivity contribution in [3.63, 3.8) is 0 Å². The number of aryl methyl sites for hydroxylation is 2. The highest BCUT2D eigenvalue weighted by Gasteiger charge is 2.17. The fourth-order valence-electron chi connectivity index (χ4n) is 2.88. The van der Waals surface area contributed by atoms with Gasteiger partial charge in [0.1, 0.15) is 5.60 Å². The molecule has 1 amide bonds. The summed E-state index contributed by atoms with van der Waals surface area (Å²) in [7, 11) is 0. The van der Waals surface area contributed by atoms with E-state index in [4.69, 9.17) is 4.74 Å². The first-order valence-electron chi connectivity index (χ1n) is 7.51. The van der Waals surface area contributed by atoms with Crippen molar-refractivity contribution < 1.29 is 9.53 Å². The Balaban J connectivity index is 1.74. The van der Waals surface area contributed by atoms with Crippen molar-refractivity contribution in [2.24, 2.45) is 0 Å². The number of fused-ring (bicyclic) bond motifs is 2. The maximum Gasteiger partial charge on any atom is 0.407 e. The first-order chi connectivity index (χ1) is 9.92. The van der Waals surface area contributed by atoms with Gasteiger partial charge in [0.05, 0.1) is 0 Å². The number of aromatic amines is 1. The number of benzene rings is 1. The van der Waals surface area contributed by atoms with E-state index in [-0.39, 0.29) is 6.09 Å². The third-order valence-corrected chi connectivity index (χ3v) is 3.80. The fourth-order valence-corrected chi connectivity index (χ4v) is 2.88. The molecule has 0 spiro atoms. The van der Waals surface area contributed by atoms with Gasteiger partial charge >= 0.3 is 6.09 Å². The molecule has 0 atom stereocenters. The van der Waals surface area contributed by atoms with Crippen LogP contribution in [-0.4, -0.2) is 16.7 Å². The molecule has 21 heavy (non-hydrogen) atoms. The fraction of sp³-hybridized carbons (Fsp3) is 0.471. The summed E-state index contributed by atoms with van der Waals surface area (Å²) in [6.45, 7) is 6.07. The molecule has 1 aliphatic carbocycles. The number of rotatable bonds is 2. The average molecular weight is 286 g/mol. The summed E-state index contributed by atoms with van der Waals surface area (Å²) < 4.78 is 5.26. The molecule has 2 aromatic rings. The van der Waals surface area contributed by atoms with Gasteiger partial charge in [-0.05, 0) is 68.9 Å². The molecule has 1 aromatic carbocycles. The van der Waals surface area contributed by atoms with Gasteiger partial charge in [-0.2, -0.15) is 0 Å². The Labute approximate surface area is 124 Å². The molecule has 3 rings (SSSR count). The quantitative estimate of drug-likeness (QED) is 0.884. The van der Waals surface area contributed by atoms with Crippen molar-refractivity contribution in [3.8, 4) is 0 Å². The molecule has 2 N–H and O–H groups in total. The van der Waals surface area contributed by atoms with Gasteiger partial charge in [-0.15, -0.1) is 0 Å². The Kier molecular flexibility index (Phi) is 3.40. The number of alkyl carbamates (subject to hydrolysis) is 1. The van der Waals surface area contributed by atoms with E-state index in [2.05, 4.69) is 22.4 Å². The molecule has 4 heteroatoms. The number of hydrogen-bond donors (Lipinski definition) is 2. The van der Waals surface area contributed by atoms with Gasteiger partial charge in [-0.25, -0.2) is 4.79 Å². The van der Waals surface area contributed by atoms with Crippen LogP contribution < -0.4 is 5.32 Å². The molecule has 1 aromatic heterocycles. The monoisotopic (exact) mass is 286 g/mol. The van der Waals surface area contributed by atoms with Crippen molar-refractivity contribution in [1.82, 2.24) is 10.3 Å². The minimum Gasteiger partial charge on any atom is -0.444 e. The van der Waals surface area contributed by atoms with E-state index in [1.165, 1.54) is 29.4 Å². The standard InChI is InChI=1S/C17H22N2O2/c1-17(2,3)21-16(20)19-10-13-9-18-15-8-12-6-4-5-11(12)7-14(13)15/h7-9,18H,4-6,10H2,1-3H3,(H,19,20). The summed E-state index contributed by atoms with van der Waals surface area (Å²) in [6, 6.07) is 4.51. The summed E-state index contributed by atoms with van der Waals surface area (Å²) in [5.41, 5.74) is 4.68. The molecule has 0 radical (unpaired) electrons. The number of amides is 1. The molecule has 0 unspecified atom stereocenters. The molecule has 0 saturated carbocycles. The summed E-state index contributed by atoms with van der Waals surface area (Å²) in [5.74, 6) is 0. The lowest BCUT2D eigenvalue weighted by atomic mass is 10.1. The van der Waals surface area contributed by atoms with Crippen LogP contribution >= 0.6 is 0 Å². The zero-order valence-electron chi connectivity index (χ0n) is 12.9. The van der Waals surface area contributed by atoms with Crippen LogP contribution in [0.4, 0.5) is 4.79 Å². The number of nitrogens with one attached hydrogen (secondary N) is 2. The minimum absolute atomic E-state index is 0.377. The first-order valence-corrected chi connectivity index (χ1v) is 7.51. The van der Waals surface area contributed by atoms with Gasteiger partial charge in [0.2, 0.25) is 0 Å². The predicted molar refractivity (Wildman–Crippen MR) is 83.4 cm³/mol. The molecule has 0 fully saturated rings. The molecule has 1 aliphatic rings. The van der Waals surface area contributed by atoms with E-state index >= 15 is 0 Å². The van der Waals surface area contributed by atoms with E-state index in [9.17, 15) is 4.79 Å². The van der Waals surface area contributed by atoms with E-state index in [0.717, 1.165) is 17.5 Å². The van der Waals surface area contributed by atoms with Crippen molar-refractivity contribution in [1.29, 1.82) is 0 Å². The van der Waals surface area contributed by atoms with Gasteiger partial charge in [-0.3, -0.25) is 0 Å². The smallest absolute Gasteiger partial charge is 0.407 e. The highest BCUT2D eigenvalue weighted by Crippen LogP contribution is 2.28. The summed E-state index contributed by atoms with van der Waals surface area (Å²) in [6.07, 6.45) is 5.17. The lowest BCUT2D eigenvalue weighted by Crippen LogP contribution is -2.32. The molecular weight excluding hydrogens is 264 g/mol. The van der Waals surface area contributed by atoms with Crippen molar-refractivity contribution in [3.05, 3.63) is 35.0 Å². The zero-order valence-corrected chi connectivity index (χ0v) is 12.9. The lowest BCUT2D eigenvalue weighted by molar-refractivity contribution is 0.0524. The summed E-state index contributed by atoms with van der Waals surface area (Å²) in [4.78, 5) is 15.0. The first kappa shape index (κ1) is 14.0. The van der Waals surface area contributed by atoms with Crippen LogP contribution in [0.5, 0.6) is 0 Å². The zero-order chi connectivity index (χ0) is 15.0. The van der Waals surface area contributed by atoms with Gasteiger partial charge < -0.3 is 15.0 Å². The Bertz CT molecular complexity index is 680. The number of H-pyrrole nitrogens is 1.